The van der Waals surface area contributed by atoms with E-state index in [4.69, 9.17) is 34.8 Å². The summed E-state index contributed by atoms with van der Waals surface area (Å²) in [5.74, 6) is -0.231. The summed E-state index contributed by atoms with van der Waals surface area (Å²) in [5.41, 5.74) is 0.585. The quantitative estimate of drug-likeness (QED) is 0.813. The predicted octanol–water partition coefficient (Wildman–Crippen LogP) is 4.36. The summed E-state index contributed by atoms with van der Waals surface area (Å²) in [4.78, 5) is 14.8. The van der Waals surface area contributed by atoms with Gasteiger partial charge in [0.05, 0.1) is 0 Å². The van der Waals surface area contributed by atoms with E-state index in [0.717, 1.165) is 36.7 Å². The minimum atomic E-state index is -1.58. The van der Waals surface area contributed by atoms with E-state index < -0.39 is 9.96 Å². The van der Waals surface area contributed by atoms with Crippen LogP contribution in [0.4, 0.5) is 0 Å². The maximum atomic E-state index is 12.8. The standard InChI is InChI=1S/C17H17Cl3N2O/c18-17(19,20)16(22-10-3-4-11-22)21-15(23)14-9-5-7-12-6-1-2-8-13(12)14/h1-2,5-9,16H,3-4,10-11H2,(H,21,23). The van der Waals surface area contributed by atoms with Gasteiger partial charge in [0.1, 0.15) is 6.17 Å². The van der Waals surface area contributed by atoms with Crippen LogP contribution >= 0.6 is 34.8 Å². The molecule has 0 radical (unpaired) electrons. The molecule has 2 aromatic rings. The van der Waals surface area contributed by atoms with Crippen molar-refractivity contribution in [3.63, 3.8) is 0 Å². The van der Waals surface area contributed by atoms with Crippen molar-refractivity contribution in [2.75, 3.05) is 13.1 Å². The van der Waals surface area contributed by atoms with Gasteiger partial charge in [-0.3, -0.25) is 9.69 Å². The van der Waals surface area contributed by atoms with Crippen LogP contribution < -0.4 is 5.32 Å². The zero-order valence-corrected chi connectivity index (χ0v) is 14.7. The van der Waals surface area contributed by atoms with Crippen molar-refractivity contribution >= 4 is 51.5 Å². The molecule has 1 aliphatic heterocycles. The Morgan fingerprint density at radius 2 is 1.70 bits per heavy atom. The zero-order chi connectivity index (χ0) is 16.4. The third kappa shape index (κ3) is 3.74. The lowest BCUT2D eigenvalue weighted by molar-refractivity contribution is 0.0876. The number of likely N-dealkylation sites (tertiary alicyclic amines) is 1. The molecule has 1 aliphatic rings. The zero-order valence-electron chi connectivity index (χ0n) is 12.4. The van der Waals surface area contributed by atoms with Crippen LogP contribution in [0.25, 0.3) is 10.8 Å². The Balaban J connectivity index is 1.89. The highest BCUT2D eigenvalue weighted by molar-refractivity contribution is 6.68. The fourth-order valence-electron chi connectivity index (χ4n) is 3.01. The van der Waals surface area contributed by atoms with E-state index in [2.05, 4.69) is 5.32 Å². The first kappa shape index (κ1) is 16.8. The van der Waals surface area contributed by atoms with Gasteiger partial charge in [0.15, 0.2) is 0 Å². The number of amides is 1. The molecule has 0 spiro atoms. The highest BCUT2D eigenvalue weighted by atomic mass is 35.6. The van der Waals surface area contributed by atoms with Crippen LogP contribution in [0.5, 0.6) is 0 Å². The molecule has 3 nitrogen and oxygen atoms in total. The molecule has 122 valence electrons. The van der Waals surface area contributed by atoms with Gasteiger partial charge >= 0.3 is 0 Å². The number of carbonyl (C=O) groups is 1. The number of rotatable bonds is 3. The first-order valence-corrected chi connectivity index (χ1v) is 8.69. The van der Waals surface area contributed by atoms with E-state index in [1.54, 1.807) is 6.07 Å². The largest absolute Gasteiger partial charge is 0.332 e. The maximum Gasteiger partial charge on any atom is 0.253 e. The lowest BCUT2D eigenvalue weighted by Crippen LogP contribution is -2.54. The molecule has 1 atom stereocenters. The fourth-order valence-corrected chi connectivity index (χ4v) is 3.58. The van der Waals surface area contributed by atoms with Crippen molar-refractivity contribution in [3.8, 4) is 0 Å². The number of benzene rings is 2. The van der Waals surface area contributed by atoms with Gasteiger partial charge in [0, 0.05) is 18.7 Å². The second-order valence-electron chi connectivity index (χ2n) is 5.69. The number of hydrogen-bond donors (Lipinski definition) is 1. The summed E-state index contributed by atoms with van der Waals surface area (Å²) in [5, 5.41) is 4.79. The van der Waals surface area contributed by atoms with Crippen molar-refractivity contribution in [2.24, 2.45) is 0 Å². The van der Waals surface area contributed by atoms with Crippen LogP contribution in [0, 0.1) is 0 Å². The van der Waals surface area contributed by atoms with Crippen LogP contribution in [0.15, 0.2) is 42.5 Å². The van der Waals surface area contributed by atoms with Crippen LogP contribution in [0.3, 0.4) is 0 Å². The van der Waals surface area contributed by atoms with Crippen LogP contribution in [-0.4, -0.2) is 33.9 Å². The van der Waals surface area contributed by atoms with Gasteiger partial charge in [-0.15, -0.1) is 0 Å². The monoisotopic (exact) mass is 370 g/mol. The van der Waals surface area contributed by atoms with E-state index in [0.29, 0.717) is 5.56 Å². The van der Waals surface area contributed by atoms with Crippen molar-refractivity contribution in [2.45, 2.75) is 22.8 Å². The Labute approximate surface area is 150 Å². The van der Waals surface area contributed by atoms with Crippen LogP contribution in [0.2, 0.25) is 0 Å². The summed E-state index contributed by atoms with van der Waals surface area (Å²) in [6.07, 6.45) is 1.45. The first-order chi connectivity index (χ1) is 11.0. The Kier molecular flexibility index (Phi) is 5.02. The van der Waals surface area contributed by atoms with Gasteiger partial charge in [0.25, 0.3) is 5.91 Å². The van der Waals surface area contributed by atoms with Gasteiger partial charge in [0.2, 0.25) is 3.79 Å². The van der Waals surface area contributed by atoms with Gasteiger partial charge in [-0.1, -0.05) is 71.2 Å². The van der Waals surface area contributed by atoms with Crippen molar-refractivity contribution < 1.29 is 4.79 Å². The number of carbonyl (C=O) groups excluding carboxylic acids is 1. The summed E-state index contributed by atoms with van der Waals surface area (Å²) in [6.45, 7) is 1.63. The lowest BCUT2D eigenvalue weighted by Gasteiger charge is -2.33. The van der Waals surface area contributed by atoms with Crippen LogP contribution in [0.1, 0.15) is 23.2 Å². The SMILES string of the molecule is O=C(NC(N1CCCC1)C(Cl)(Cl)Cl)c1cccc2ccccc12. The molecule has 1 amide bonds. The summed E-state index contributed by atoms with van der Waals surface area (Å²) in [7, 11) is 0. The molecule has 0 aliphatic carbocycles. The molecule has 0 bridgehead atoms. The number of alkyl halides is 3. The Morgan fingerprint density at radius 1 is 1.04 bits per heavy atom. The predicted molar refractivity (Wildman–Crippen MR) is 96.3 cm³/mol. The highest BCUT2D eigenvalue weighted by Gasteiger charge is 2.39. The number of nitrogens with one attached hydrogen (secondary N) is 1. The fraction of sp³-hybridized carbons (Fsp3) is 0.353. The number of halogens is 3. The summed E-state index contributed by atoms with van der Waals surface area (Å²) >= 11 is 18.3. The Bertz CT molecular complexity index is 703. The van der Waals surface area contributed by atoms with E-state index in [-0.39, 0.29) is 5.91 Å². The molecule has 6 heteroatoms. The average molecular weight is 372 g/mol. The van der Waals surface area contributed by atoms with Crippen molar-refractivity contribution in [1.82, 2.24) is 10.2 Å². The molecule has 23 heavy (non-hydrogen) atoms. The molecule has 2 aromatic carbocycles. The highest BCUT2D eigenvalue weighted by Crippen LogP contribution is 2.34. The maximum absolute atomic E-state index is 12.8. The molecular weight excluding hydrogens is 355 g/mol. The van der Waals surface area contributed by atoms with Crippen LogP contribution in [-0.2, 0) is 0 Å². The molecule has 1 unspecified atom stereocenters. The summed E-state index contributed by atoms with van der Waals surface area (Å²) in [6, 6.07) is 13.4. The molecule has 0 aromatic heterocycles. The molecular formula is C17H17Cl3N2O. The Hall–Kier alpha value is -1.00. The topological polar surface area (TPSA) is 32.3 Å². The van der Waals surface area contributed by atoms with Gasteiger partial charge in [-0.25, -0.2) is 0 Å². The van der Waals surface area contributed by atoms with Gasteiger partial charge in [-0.2, -0.15) is 0 Å². The van der Waals surface area contributed by atoms with Crippen molar-refractivity contribution in [1.29, 1.82) is 0 Å². The first-order valence-electron chi connectivity index (χ1n) is 7.56. The molecule has 1 N–H and O–H groups in total. The minimum absolute atomic E-state index is 0.231. The molecule has 3 rings (SSSR count). The van der Waals surface area contributed by atoms with E-state index in [1.165, 1.54) is 0 Å². The number of fused-ring (bicyclic) bond motifs is 1. The number of nitrogens with zero attached hydrogens (tertiary/aromatic N) is 1. The Morgan fingerprint density at radius 3 is 2.39 bits per heavy atom. The van der Waals surface area contributed by atoms with Gasteiger partial charge in [-0.05, 0) is 29.7 Å². The normalized spacial score (nSPS) is 17.3. The smallest absolute Gasteiger partial charge is 0.253 e. The summed E-state index contributed by atoms with van der Waals surface area (Å²) < 4.78 is -1.58. The third-order valence-electron chi connectivity index (χ3n) is 4.12. The lowest BCUT2D eigenvalue weighted by atomic mass is 10.0. The average Bonchev–Trinajstić information content (AvgIpc) is 3.04. The second-order valence-corrected chi connectivity index (χ2v) is 8.06. The van der Waals surface area contributed by atoms with E-state index >= 15 is 0 Å². The molecule has 1 saturated heterocycles. The molecule has 1 fully saturated rings. The van der Waals surface area contributed by atoms with E-state index in [1.807, 2.05) is 41.3 Å². The van der Waals surface area contributed by atoms with Gasteiger partial charge < -0.3 is 5.32 Å². The molecule has 0 saturated carbocycles. The second kappa shape index (κ2) is 6.86. The van der Waals surface area contributed by atoms with E-state index in [9.17, 15) is 4.79 Å². The minimum Gasteiger partial charge on any atom is -0.332 e. The number of hydrogen-bond acceptors (Lipinski definition) is 2. The van der Waals surface area contributed by atoms with Crippen molar-refractivity contribution in [3.05, 3.63) is 48.0 Å². The molecule has 1 heterocycles. The third-order valence-corrected chi connectivity index (χ3v) is 4.74.